The van der Waals surface area contributed by atoms with Crippen molar-refractivity contribution in [1.82, 2.24) is 0 Å². The molecule has 102 valence electrons. The van der Waals surface area contributed by atoms with Gasteiger partial charge in [-0.3, -0.25) is 4.79 Å². The van der Waals surface area contributed by atoms with Crippen molar-refractivity contribution in [1.29, 1.82) is 0 Å². The maximum Gasteiger partial charge on any atom is 0.237 e. The Kier molecular flexibility index (Phi) is 3.49. The number of carbonyl (C=O) groups is 1. The van der Waals surface area contributed by atoms with Gasteiger partial charge in [0.2, 0.25) is 5.91 Å². The van der Waals surface area contributed by atoms with Crippen LogP contribution in [0.2, 0.25) is 0 Å². The van der Waals surface area contributed by atoms with Gasteiger partial charge in [-0.25, -0.2) is 0 Å². The first-order valence-corrected chi connectivity index (χ1v) is 6.67. The van der Waals surface area contributed by atoms with Crippen LogP contribution in [0.1, 0.15) is 18.4 Å². The molecule has 0 saturated heterocycles. The van der Waals surface area contributed by atoms with Crippen molar-refractivity contribution < 1.29 is 4.79 Å². The second-order valence-corrected chi connectivity index (χ2v) is 5.74. The topological polar surface area (TPSA) is 58.4 Å². The Bertz CT molecular complexity index is 535. The number of amides is 1. The molecule has 3 N–H and O–H groups in total. The molecule has 0 aliphatic heterocycles. The largest absolute Gasteiger partial charge is 0.392 e. The summed E-state index contributed by atoms with van der Waals surface area (Å²) in [5.41, 5.74) is 8.07. The van der Waals surface area contributed by atoms with Crippen LogP contribution in [0.15, 0.2) is 18.2 Å². The predicted octanol–water partition coefficient (Wildman–Crippen LogP) is 2.07. The lowest BCUT2D eigenvalue weighted by atomic mass is 10.1. The van der Waals surface area contributed by atoms with Crippen molar-refractivity contribution in [2.24, 2.45) is 11.1 Å². The Hall–Kier alpha value is -1.62. The number of aryl methyl sites for hydroxylation is 1. The fourth-order valence-corrected chi connectivity index (χ4v) is 2.43. The molecular formula is C14H19N3OS. The second kappa shape index (κ2) is 4.81. The van der Waals surface area contributed by atoms with Crippen LogP contribution in [-0.4, -0.2) is 25.0 Å². The van der Waals surface area contributed by atoms with Crippen molar-refractivity contribution in [3.8, 4) is 0 Å². The molecule has 0 aromatic heterocycles. The lowest BCUT2D eigenvalue weighted by molar-refractivity contribution is -0.118. The van der Waals surface area contributed by atoms with Crippen LogP contribution in [0.4, 0.5) is 11.4 Å². The lowest BCUT2D eigenvalue weighted by Crippen LogP contribution is -2.35. The number of rotatable bonds is 4. The van der Waals surface area contributed by atoms with Gasteiger partial charge in [0, 0.05) is 25.5 Å². The van der Waals surface area contributed by atoms with E-state index in [0.29, 0.717) is 4.99 Å². The summed E-state index contributed by atoms with van der Waals surface area (Å²) >= 11 is 4.98. The fourth-order valence-electron chi connectivity index (χ4n) is 2.13. The molecule has 0 heterocycles. The second-order valence-electron chi connectivity index (χ2n) is 5.30. The monoisotopic (exact) mass is 277 g/mol. The number of anilines is 2. The van der Waals surface area contributed by atoms with Gasteiger partial charge in [-0.1, -0.05) is 18.3 Å². The predicted molar refractivity (Wildman–Crippen MR) is 82.6 cm³/mol. The Morgan fingerprint density at radius 3 is 2.53 bits per heavy atom. The number of thiocarbonyl (C=S) groups is 1. The van der Waals surface area contributed by atoms with Gasteiger partial charge in [0.25, 0.3) is 0 Å². The van der Waals surface area contributed by atoms with Crippen molar-refractivity contribution in [3.63, 3.8) is 0 Å². The van der Waals surface area contributed by atoms with Crippen LogP contribution < -0.4 is 16.0 Å². The third kappa shape index (κ3) is 2.56. The average Bonchev–Trinajstić information content (AvgIpc) is 3.12. The van der Waals surface area contributed by atoms with E-state index >= 15 is 0 Å². The van der Waals surface area contributed by atoms with E-state index in [1.807, 2.05) is 44.1 Å². The van der Waals surface area contributed by atoms with Gasteiger partial charge in [-0.2, -0.15) is 0 Å². The minimum atomic E-state index is -0.613. The zero-order chi connectivity index (χ0) is 14.2. The molecule has 0 atom stereocenters. The Morgan fingerprint density at radius 2 is 2.05 bits per heavy atom. The first-order valence-electron chi connectivity index (χ1n) is 6.26. The van der Waals surface area contributed by atoms with Crippen LogP contribution in [-0.2, 0) is 4.79 Å². The van der Waals surface area contributed by atoms with Gasteiger partial charge < -0.3 is 16.0 Å². The van der Waals surface area contributed by atoms with Crippen LogP contribution in [0.3, 0.4) is 0 Å². The summed E-state index contributed by atoms with van der Waals surface area (Å²) in [6, 6.07) is 5.85. The average molecular weight is 277 g/mol. The molecule has 1 aliphatic carbocycles. The third-order valence-corrected chi connectivity index (χ3v) is 4.00. The normalized spacial score (nSPS) is 15.7. The summed E-state index contributed by atoms with van der Waals surface area (Å²) in [4.78, 5) is 14.5. The van der Waals surface area contributed by atoms with Gasteiger partial charge in [0.15, 0.2) is 0 Å². The molecule has 0 unspecified atom stereocenters. The quantitative estimate of drug-likeness (QED) is 0.827. The van der Waals surface area contributed by atoms with E-state index in [1.54, 1.807) is 0 Å². The van der Waals surface area contributed by atoms with E-state index in [0.717, 1.165) is 24.2 Å². The van der Waals surface area contributed by atoms with E-state index in [4.69, 9.17) is 18.0 Å². The zero-order valence-corrected chi connectivity index (χ0v) is 12.3. The highest BCUT2D eigenvalue weighted by atomic mass is 32.1. The summed E-state index contributed by atoms with van der Waals surface area (Å²) in [5.74, 6) is -0.0893. The summed E-state index contributed by atoms with van der Waals surface area (Å²) in [6.07, 6.45) is 1.50. The zero-order valence-electron chi connectivity index (χ0n) is 11.5. The highest BCUT2D eigenvalue weighted by Gasteiger charge is 2.52. The van der Waals surface area contributed by atoms with E-state index in [9.17, 15) is 4.79 Å². The molecule has 19 heavy (non-hydrogen) atoms. The maximum absolute atomic E-state index is 12.2. The fraction of sp³-hybridized carbons (Fsp3) is 0.429. The van der Waals surface area contributed by atoms with E-state index in [-0.39, 0.29) is 5.91 Å². The van der Waals surface area contributed by atoms with Crippen molar-refractivity contribution in [2.45, 2.75) is 19.8 Å². The van der Waals surface area contributed by atoms with Crippen LogP contribution in [0, 0.1) is 12.3 Å². The molecular weight excluding hydrogens is 258 g/mol. The van der Waals surface area contributed by atoms with Gasteiger partial charge in [0.1, 0.15) is 0 Å². The first-order chi connectivity index (χ1) is 8.86. The number of nitrogens with two attached hydrogens (primary N) is 1. The summed E-state index contributed by atoms with van der Waals surface area (Å²) < 4.78 is 0. The van der Waals surface area contributed by atoms with E-state index in [1.165, 1.54) is 5.56 Å². The minimum absolute atomic E-state index is 0.0893. The molecule has 1 aliphatic rings. The van der Waals surface area contributed by atoms with Crippen molar-refractivity contribution >= 4 is 34.5 Å². The molecule has 2 rings (SSSR count). The van der Waals surface area contributed by atoms with Gasteiger partial charge in [0.05, 0.1) is 10.4 Å². The number of benzene rings is 1. The van der Waals surface area contributed by atoms with Crippen molar-refractivity contribution in [2.75, 3.05) is 24.3 Å². The summed E-state index contributed by atoms with van der Waals surface area (Å²) in [5, 5.41) is 2.92. The highest BCUT2D eigenvalue weighted by Crippen LogP contribution is 2.46. The smallest absolute Gasteiger partial charge is 0.237 e. The molecule has 4 nitrogen and oxygen atoms in total. The van der Waals surface area contributed by atoms with E-state index in [2.05, 4.69) is 5.32 Å². The highest BCUT2D eigenvalue weighted by molar-refractivity contribution is 7.80. The number of nitrogens with zero attached hydrogens (tertiary/aromatic N) is 1. The van der Waals surface area contributed by atoms with Gasteiger partial charge in [-0.15, -0.1) is 0 Å². The molecule has 1 amide bonds. The molecule has 1 saturated carbocycles. The first kappa shape index (κ1) is 13.8. The Labute approximate surface area is 119 Å². The minimum Gasteiger partial charge on any atom is -0.392 e. The number of nitrogens with one attached hydrogen (secondary N) is 1. The summed E-state index contributed by atoms with van der Waals surface area (Å²) in [7, 11) is 3.96. The van der Waals surface area contributed by atoms with E-state index < -0.39 is 5.41 Å². The summed E-state index contributed by atoms with van der Waals surface area (Å²) in [6.45, 7) is 2.04. The lowest BCUT2D eigenvalue weighted by Gasteiger charge is -2.18. The standard InChI is InChI=1S/C14H19N3OS/c1-9-4-5-10(8-11(9)17(2)3)16-13(18)14(6-7-14)12(15)19/h4-5,8H,6-7H2,1-3H3,(H2,15,19)(H,16,18). The van der Waals surface area contributed by atoms with Gasteiger partial charge in [-0.05, 0) is 37.5 Å². The molecule has 1 fully saturated rings. The third-order valence-electron chi connectivity index (χ3n) is 3.61. The molecule has 0 radical (unpaired) electrons. The van der Waals surface area contributed by atoms with Crippen LogP contribution >= 0.6 is 12.2 Å². The van der Waals surface area contributed by atoms with Gasteiger partial charge >= 0.3 is 0 Å². The number of hydrogen-bond acceptors (Lipinski definition) is 3. The molecule has 5 heteroatoms. The molecule has 0 spiro atoms. The number of hydrogen-bond donors (Lipinski definition) is 2. The van der Waals surface area contributed by atoms with Crippen molar-refractivity contribution in [3.05, 3.63) is 23.8 Å². The Morgan fingerprint density at radius 1 is 1.42 bits per heavy atom. The molecule has 1 aromatic rings. The number of carbonyl (C=O) groups excluding carboxylic acids is 1. The van der Waals surface area contributed by atoms with Crippen LogP contribution in [0.5, 0.6) is 0 Å². The SMILES string of the molecule is Cc1ccc(NC(=O)C2(C(N)=S)CC2)cc1N(C)C. The molecule has 0 bridgehead atoms. The maximum atomic E-state index is 12.2. The van der Waals surface area contributed by atoms with Crippen LogP contribution in [0.25, 0.3) is 0 Å². The molecule has 1 aromatic carbocycles. The Balaban J connectivity index is 2.18.